The Hall–Kier alpha value is -4.20. The maximum atomic E-state index is 12.2. The topological polar surface area (TPSA) is 105 Å². The van der Waals surface area contributed by atoms with Crippen LogP contribution in [0.2, 0.25) is 0 Å². The lowest BCUT2D eigenvalue weighted by Gasteiger charge is -2.10. The number of esters is 4. The number of hydrogen-bond acceptors (Lipinski definition) is 8. The van der Waals surface area contributed by atoms with Crippen LogP contribution in [-0.4, -0.2) is 37.1 Å². The molecule has 0 amide bonds. The summed E-state index contributed by atoms with van der Waals surface area (Å²) in [5.74, 6) is -1.57. The van der Waals surface area contributed by atoms with E-state index in [9.17, 15) is 19.2 Å². The molecule has 0 aromatic heterocycles. The number of hydrogen-bond donors (Lipinski definition) is 0. The molecule has 38 heavy (non-hydrogen) atoms. The summed E-state index contributed by atoms with van der Waals surface area (Å²) in [6.45, 7) is 7.95. The second kappa shape index (κ2) is 12.4. The first-order chi connectivity index (χ1) is 18.3. The monoisotopic (exact) mass is 518 g/mol. The number of rotatable bonds is 11. The van der Waals surface area contributed by atoms with Gasteiger partial charge >= 0.3 is 23.9 Å². The summed E-state index contributed by atoms with van der Waals surface area (Å²) >= 11 is 0. The molecule has 8 heteroatoms. The van der Waals surface area contributed by atoms with Gasteiger partial charge in [-0.3, -0.25) is 0 Å². The predicted octanol–water partition coefficient (Wildman–Crippen LogP) is 5.35. The standard InChI is InChI=1S/C30H30O8/c1-19-17-25(37-27(19)31)21-7-11-23(12-8-21)29(33)35-15-5-3-4-6-16-36-30(34)24-13-9-22(10-14-24)26-18-20(2)28(32)38-26/h7-14,25-26H,1-6,15-18H2. The van der Waals surface area contributed by atoms with Crippen LogP contribution in [0.15, 0.2) is 72.8 Å². The highest BCUT2D eigenvalue weighted by Crippen LogP contribution is 2.33. The zero-order valence-corrected chi connectivity index (χ0v) is 21.1. The van der Waals surface area contributed by atoms with Gasteiger partial charge in [0.25, 0.3) is 0 Å². The van der Waals surface area contributed by atoms with Crippen molar-refractivity contribution >= 4 is 23.9 Å². The average molecular weight is 519 g/mol. The summed E-state index contributed by atoms with van der Waals surface area (Å²) < 4.78 is 21.2. The summed E-state index contributed by atoms with van der Waals surface area (Å²) in [6, 6.07) is 13.7. The first-order valence-electron chi connectivity index (χ1n) is 12.6. The highest BCUT2D eigenvalue weighted by atomic mass is 16.6. The van der Waals surface area contributed by atoms with Crippen molar-refractivity contribution in [1.82, 2.24) is 0 Å². The van der Waals surface area contributed by atoms with E-state index in [0.717, 1.165) is 24.0 Å². The summed E-state index contributed by atoms with van der Waals surface area (Å²) in [6.07, 6.45) is 3.27. The van der Waals surface area contributed by atoms with Crippen molar-refractivity contribution in [1.29, 1.82) is 0 Å². The predicted molar refractivity (Wildman–Crippen MR) is 137 cm³/mol. The Morgan fingerprint density at radius 1 is 0.658 bits per heavy atom. The van der Waals surface area contributed by atoms with Crippen molar-refractivity contribution in [2.75, 3.05) is 13.2 Å². The Morgan fingerprint density at radius 2 is 1.03 bits per heavy atom. The van der Waals surface area contributed by atoms with Gasteiger partial charge in [-0.25, -0.2) is 19.2 Å². The fourth-order valence-corrected chi connectivity index (χ4v) is 4.22. The van der Waals surface area contributed by atoms with E-state index in [0.29, 0.717) is 61.2 Å². The molecule has 198 valence electrons. The molecule has 8 nitrogen and oxygen atoms in total. The smallest absolute Gasteiger partial charge is 0.338 e. The van der Waals surface area contributed by atoms with E-state index in [1.54, 1.807) is 48.5 Å². The van der Waals surface area contributed by atoms with E-state index in [4.69, 9.17) is 18.9 Å². The number of carbonyl (C=O) groups excluding carboxylic acids is 4. The fraction of sp³-hybridized carbons (Fsp3) is 0.333. The first-order valence-corrected chi connectivity index (χ1v) is 12.6. The van der Waals surface area contributed by atoms with Crippen molar-refractivity contribution in [3.8, 4) is 0 Å². The van der Waals surface area contributed by atoms with E-state index in [2.05, 4.69) is 13.2 Å². The van der Waals surface area contributed by atoms with Crippen molar-refractivity contribution < 1.29 is 38.1 Å². The van der Waals surface area contributed by atoms with Crippen LogP contribution in [0.1, 0.15) is 82.6 Å². The normalized spacial score (nSPS) is 18.7. The Labute approximate surface area is 221 Å². The molecule has 4 rings (SSSR count). The molecule has 0 bridgehead atoms. The molecular formula is C30H30O8. The number of cyclic esters (lactones) is 2. The van der Waals surface area contributed by atoms with Crippen LogP contribution in [0.25, 0.3) is 0 Å². The Kier molecular flexibility index (Phi) is 8.73. The molecule has 0 aliphatic carbocycles. The second-order valence-corrected chi connectivity index (χ2v) is 9.33. The lowest BCUT2D eigenvalue weighted by molar-refractivity contribution is -0.140. The Bertz CT molecular complexity index is 1100. The van der Waals surface area contributed by atoms with Gasteiger partial charge in [0.1, 0.15) is 12.2 Å². The molecular weight excluding hydrogens is 488 g/mol. The maximum Gasteiger partial charge on any atom is 0.338 e. The van der Waals surface area contributed by atoms with Gasteiger partial charge in [-0.15, -0.1) is 0 Å². The molecule has 0 saturated carbocycles. The molecule has 2 aliphatic rings. The molecule has 2 unspecified atom stereocenters. The van der Waals surface area contributed by atoms with Crippen molar-refractivity contribution in [3.05, 3.63) is 95.1 Å². The lowest BCUT2D eigenvalue weighted by atomic mass is 10.0. The van der Waals surface area contributed by atoms with E-state index in [1.807, 2.05) is 0 Å². The van der Waals surface area contributed by atoms with Crippen molar-refractivity contribution in [3.63, 3.8) is 0 Å². The maximum absolute atomic E-state index is 12.2. The van der Waals surface area contributed by atoms with Gasteiger partial charge in [-0.2, -0.15) is 0 Å². The minimum absolute atomic E-state index is 0.302. The highest BCUT2D eigenvalue weighted by Gasteiger charge is 2.29. The van der Waals surface area contributed by atoms with Gasteiger partial charge in [-0.1, -0.05) is 37.4 Å². The van der Waals surface area contributed by atoms with Gasteiger partial charge in [0.2, 0.25) is 0 Å². The first kappa shape index (κ1) is 26.9. The summed E-state index contributed by atoms with van der Waals surface area (Å²) in [5, 5.41) is 0. The van der Waals surface area contributed by atoms with E-state index < -0.39 is 11.9 Å². The average Bonchev–Trinajstić information content (AvgIpc) is 3.45. The van der Waals surface area contributed by atoms with Crippen LogP contribution in [0.4, 0.5) is 0 Å². The van der Waals surface area contributed by atoms with Crippen LogP contribution in [0.3, 0.4) is 0 Å². The quantitative estimate of drug-likeness (QED) is 0.170. The molecule has 2 atom stereocenters. The minimum Gasteiger partial charge on any atom is -0.462 e. The zero-order valence-electron chi connectivity index (χ0n) is 21.1. The third-order valence-corrected chi connectivity index (χ3v) is 6.48. The van der Waals surface area contributed by atoms with Gasteiger partial charge in [0.15, 0.2) is 0 Å². The molecule has 0 spiro atoms. The molecule has 0 radical (unpaired) electrons. The minimum atomic E-state index is -0.402. The van der Waals surface area contributed by atoms with Crippen LogP contribution < -0.4 is 0 Å². The van der Waals surface area contributed by atoms with Crippen molar-refractivity contribution in [2.45, 2.75) is 50.7 Å². The Balaban J connectivity index is 1.07. The number of unbranched alkanes of at least 4 members (excludes halogenated alkanes) is 3. The van der Waals surface area contributed by atoms with Gasteiger partial charge in [0.05, 0.1) is 24.3 Å². The van der Waals surface area contributed by atoms with Crippen LogP contribution >= 0.6 is 0 Å². The number of benzene rings is 2. The molecule has 2 aliphatic heterocycles. The molecule has 2 saturated heterocycles. The summed E-state index contributed by atoms with van der Waals surface area (Å²) in [5.41, 5.74) is 3.40. The van der Waals surface area contributed by atoms with Crippen LogP contribution in [-0.2, 0) is 28.5 Å². The number of carbonyl (C=O) groups is 4. The zero-order chi connectivity index (χ0) is 27.1. The summed E-state index contributed by atoms with van der Waals surface area (Å²) in [7, 11) is 0. The third-order valence-electron chi connectivity index (χ3n) is 6.48. The van der Waals surface area contributed by atoms with Crippen LogP contribution in [0, 0.1) is 0 Å². The molecule has 2 fully saturated rings. The van der Waals surface area contributed by atoms with Crippen LogP contribution in [0.5, 0.6) is 0 Å². The Morgan fingerprint density at radius 3 is 1.34 bits per heavy atom. The van der Waals surface area contributed by atoms with Gasteiger partial charge in [-0.05, 0) is 61.1 Å². The summed E-state index contributed by atoms with van der Waals surface area (Å²) in [4.78, 5) is 47.5. The second-order valence-electron chi connectivity index (χ2n) is 9.33. The van der Waals surface area contributed by atoms with Crippen molar-refractivity contribution in [2.24, 2.45) is 0 Å². The highest BCUT2D eigenvalue weighted by molar-refractivity contribution is 5.91. The number of ether oxygens (including phenoxy) is 4. The SMILES string of the molecule is C=C1CC(c2ccc(C(=O)OCCCCCCOC(=O)c3ccc(C4CC(=C)C(=O)O4)cc3)cc2)OC1=O. The van der Waals surface area contributed by atoms with E-state index in [-0.39, 0.29) is 24.1 Å². The lowest BCUT2D eigenvalue weighted by Crippen LogP contribution is -2.08. The van der Waals surface area contributed by atoms with Gasteiger partial charge in [0, 0.05) is 24.0 Å². The molecule has 0 N–H and O–H groups in total. The molecule has 2 aromatic carbocycles. The van der Waals surface area contributed by atoms with E-state index >= 15 is 0 Å². The third kappa shape index (κ3) is 6.76. The molecule has 2 heterocycles. The fourth-order valence-electron chi connectivity index (χ4n) is 4.22. The van der Waals surface area contributed by atoms with E-state index in [1.165, 1.54) is 0 Å². The van der Waals surface area contributed by atoms with Gasteiger partial charge < -0.3 is 18.9 Å². The largest absolute Gasteiger partial charge is 0.462 e. The molecule has 2 aromatic rings.